The van der Waals surface area contributed by atoms with Crippen molar-refractivity contribution in [1.82, 2.24) is 9.88 Å². The van der Waals surface area contributed by atoms with E-state index in [0.717, 1.165) is 36.9 Å². The average Bonchev–Trinajstić information content (AvgIpc) is 3.21. The van der Waals surface area contributed by atoms with Crippen molar-refractivity contribution in [3.05, 3.63) is 53.7 Å². The van der Waals surface area contributed by atoms with Crippen LogP contribution in [-0.4, -0.2) is 42.2 Å². The molecule has 1 aromatic heterocycles. The zero-order valence-corrected chi connectivity index (χ0v) is 20.2. The summed E-state index contributed by atoms with van der Waals surface area (Å²) in [6, 6.07) is 12.2. The van der Waals surface area contributed by atoms with Crippen LogP contribution in [0.4, 0.5) is 10.5 Å². The number of aromatic amines is 1. The molecule has 0 radical (unpaired) electrons. The first kappa shape index (κ1) is 23.0. The highest BCUT2D eigenvalue weighted by Gasteiger charge is 2.32. The number of aryl methyl sites for hydroxylation is 1. The Kier molecular flexibility index (Phi) is 7.11. The molecule has 2 amide bonds. The van der Waals surface area contributed by atoms with Gasteiger partial charge in [0.15, 0.2) is 11.5 Å². The third kappa shape index (κ3) is 4.80. The largest absolute Gasteiger partial charge is 0.493 e. The van der Waals surface area contributed by atoms with Gasteiger partial charge in [-0.05, 0) is 56.0 Å². The van der Waals surface area contributed by atoms with Gasteiger partial charge in [0.25, 0.3) is 0 Å². The molecule has 0 aliphatic carbocycles. The Morgan fingerprint density at radius 3 is 2.79 bits per heavy atom. The van der Waals surface area contributed by atoms with Gasteiger partial charge in [-0.3, -0.25) is 4.90 Å². The first-order valence-electron chi connectivity index (χ1n) is 12.0. The number of hydrogen-bond acceptors (Lipinski definition) is 3. The molecule has 176 valence electrons. The Labute approximate surface area is 196 Å². The number of unbranched alkanes of at least 4 members (excludes halogenated alkanes) is 2. The molecule has 0 bridgehead atoms. The van der Waals surface area contributed by atoms with E-state index in [1.807, 2.05) is 34.2 Å². The standard InChI is InChI=1S/C27H35N3O3/c1-5-6-7-15-33-25-16-22(11-12-24(25)32-4)29-14-13-20(3)30(27(29)31)18-21-9-8-10-23-26(21)19(2)17-28-23/h8-12,16-17,20,28H,5-7,13-15,18H2,1-4H3/t20-/m0/s1. The summed E-state index contributed by atoms with van der Waals surface area (Å²) in [4.78, 5) is 20.8. The Morgan fingerprint density at radius 1 is 1.15 bits per heavy atom. The maximum absolute atomic E-state index is 13.6. The molecule has 0 saturated carbocycles. The van der Waals surface area contributed by atoms with E-state index >= 15 is 0 Å². The molecule has 1 aliphatic heterocycles. The molecule has 1 saturated heterocycles. The van der Waals surface area contributed by atoms with Gasteiger partial charge in [0.05, 0.1) is 13.7 Å². The van der Waals surface area contributed by atoms with Crippen LogP contribution in [0.2, 0.25) is 0 Å². The first-order valence-corrected chi connectivity index (χ1v) is 12.0. The molecule has 2 heterocycles. The lowest BCUT2D eigenvalue weighted by atomic mass is 10.0. The predicted octanol–water partition coefficient (Wildman–Crippen LogP) is 6.27. The molecular weight excluding hydrogens is 414 g/mol. The number of carbonyl (C=O) groups excluding carboxylic acids is 1. The predicted molar refractivity (Wildman–Crippen MR) is 133 cm³/mol. The number of benzene rings is 2. The van der Waals surface area contributed by atoms with Crippen LogP contribution in [0.1, 0.15) is 50.7 Å². The van der Waals surface area contributed by atoms with Gasteiger partial charge >= 0.3 is 6.03 Å². The third-order valence-electron chi connectivity index (χ3n) is 6.57. The van der Waals surface area contributed by atoms with Crippen LogP contribution in [0, 0.1) is 6.92 Å². The molecule has 2 aromatic carbocycles. The molecule has 0 unspecified atom stereocenters. The summed E-state index contributed by atoms with van der Waals surface area (Å²) in [5.41, 5.74) is 4.33. The highest BCUT2D eigenvalue weighted by atomic mass is 16.5. The number of ether oxygens (including phenoxy) is 2. The van der Waals surface area contributed by atoms with Gasteiger partial charge in [-0.1, -0.05) is 31.9 Å². The molecule has 1 fully saturated rings. The number of urea groups is 1. The Bertz CT molecular complexity index is 1110. The quantitative estimate of drug-likeness (QED) is 0.391. The number of fused-ring (bicyclic) bond motifs is 1. The van der Waals surface area contributed by atoms with Crippen LogP contribution in [0.25, 0.3) is 10.9 Å². The van der Waals surface area contributed by atoms with E-state index in [4.69, 9.17) is 9.47 Å². The Morgan fingerprint density at radius 2 is 2.00 bits per heavy atom. The number of rotatable bonds is 9. The smallest absolute Gasteiger partial charge is 0.325 e. The van der Waals surface area contributed by atoms with E-state index < -0.39 is 0 Å². The molecule has 6 nitrogen and oxygen atoms in total. The van der Waals surface area contributed by atoms with Crippen LogP contribution in [0.15, 0.2) is 42.6 Å². The van der Waals surface area contributed by atoms with Crippen LogP contribution in [0.3, 0.4) is 0 Å². The summed E-state index contributed by atoms with van der Waals surface area (Å²) in [6.07, 6.45) is 6.22. The van der Waals surface area contributed by atoms with Gasteiger partial charge in [0.1, 0.15) is 0 Å². The molecule has 3 aromatic rings. The van der Waals surface area contributed by atoms with Gasteiger partial charge < -0.3 is 19.4 Å². The number of hydrogen-bond donors (Lipinski definition) is 1. The number of methoxy groups -OCH3 is 1. The molecule has 6 heteroatoms. The second-order valence-corrected chi connectivity index (χ2v) is 8.90. The van der Waals surface area contributed by atoms with Crippen LogP contribution >= 0.6 is 0 Å². The molecule has 0 spiro atoms. The maximum Gasteiger partial charge on any atom is 0.325 e. The van der Waals surface area contributed by atoms with Crippen molar-refractivity contribution < 1.29 is 14.3 Å². The van der Waals surface area contributed by atoms with E-state index in [1.54, 1.807) is 7.11 Å². The van der Waals surface area contributed by atoms with E-state index in [9.17, 15) is 4.79 Å². The second-order valence-electron chi connectivity index (χ2n) is 8.90. The minimum Gasteiger partial charge on any atom is -0.493 e. The normalized spacial score (nSPS) is 16.5. The summed E-state index contributed by atoms with van der Waals surface area (Å²) >= 11 is 0. The molecule has 1 atom stereocenters. The molecule has 1 aliphatic rings. The number of H-pyrrole nitrogens is 1. The second kappa shape index (κ2) is 10.2. The van der Waals surface area contributed by atoms with Crippen LogP contribution in [0.5, 0.6) is 11.5 Å². The summed E-state index contributed by atoms with van der Waals surface area (Å²) in [6.45, 7) is 8.33. The van der Waals surface area contributed by atoms with Crippen molar-refractivity contribution >= 4 is 22.6 Å². The minimum atomic E-state index is 0.0287. The van der Waals surface area contributed by atoms with Crippen molar-refractivity contribution in [3.63, 3.8) is 0 Å². The zero-order chi connectivity index (χ0) is 23.4. The van der Waals surface area contributed by atoms with Crippen molar-refractivity contribution in [2.45, 2.75) is 59.0 Å². The van der Waals surface area contributed by atoms with Crippen molar-refractivity contribution in [1.29, 1.82) is 0 Å². The lowest BCUT2D eigenvalue weighted by Crippen LogP contribution is -2.53. The summed E-state index contributed by atoms with van der Waals surface area (Å²) in [5, 5.41) is 1.21. The average molecular weight is 450 g/mol. The Hall–Kier alpha value is -3.15. The van der Waals surface area contributed by atoms with E-state index in [0.29, 0.717) is 31.2 Å². The fraction of sp³-hybridized carbons (Fsp3) is 0.444. The van der Waals surface area contributed by atoms with Crippen molar-refractivity contribution in [3.8, 4) is 11.5 Å². The summed E-state index contributed by atoms with van der Waals surface area (Å²) in [5.74, 6) is 1.39. The van der Waals surface area contributed by atoms with E-state index in [-0.39, 0.29) is 12.1 Å². The first-order chi connectivity index (χ1) is 16.0. The van der Waals surface area contributed by atoms with Crippen molar-refractivity contribution in [2.24, 2.45) is 0 Å². The number of aromatic nitrogens is 1. The zero-order valence-electron chi connectivity index (χ0n) is 20.2. The molecule has 33 heavy (non-hydrogen) atoms. The van der Waals surface area contributed by atoms with E-state index in [2.05, 4.69) is 44.0 Å². The number of nitrogens with one attached hydrogen (secondary N) is 1. The van der Waals surface area contributed by atoms with Gasteiger partial charge in [-0.25, -0.2) is 4.79 Å². The number of anilines is 1. The minimum absolute atomic E-state index is 0.0287. The monoisotopic (exact) mass is 449 g/mol. The third-order valence-corrected chi connectivity index (χ3v) is 6.57. The Balaban J connectivity index is 1.57. The SMILES string of the molecule is CCCCCOc1cc(N2CC[C@H](C)N(Cc3cccc4[nH]cc(C)c34)C2=O)ccc1OC. The van der Waals surface area contributed by atoms with E-state index in [1.165, 1.54) is 16.5 Å². The number of carbonyl (C=O) groups is 1. The number of nitrogens with zero attached hydrogens (tertiary/aromatic N) is 2. The van der Waals surface area contributed by atoms with Gasteiger partial charge in [0, 0.05) is 48.0 Å². The topological polar surface area (TPSA) is 57.8 Å². The lowest BCUT2D eigenvalue weighted by molar-refractivity contribution is 0.166. The van der Waals surface area contributed by atoms with Crippen molar-refractivity contribution in [2.75, 3.05) is 25.2 Å². The molecular formula is C27H35N3O3. The van der Waals surface area contributed by atoms with Gasteiger partial charge in [-0.2, -0.15) is 0 Å². The fourth-order valence-corrected chi connectivity index (χ4v) is 4.61. The maximum atomic E-state index is 13.6. The van der Waals surface area contributed by atoms with Gasteiger partial charge in [-0.15, -0.1) is 0 Å². The summed E-state index contributed by atoms with van der Waals surface area (Å²) < 4.78 is 11.5. The van der Waals surface area contributed by atoms with Crippen LogP contribution in [-0.2, 0) is 6.54 Å². The fourth-order valence-electron chi connectivity index (χ4n) is 4.61. The van der Waals surface area contributed by atoms with Gasteiger partial charge in [0.2, 0.25) is 0 Å². The number of amides is 2. The highest BCUT2D eigenvalue weighted by molar-refractivity contribution is 5.94. The molecule has 1 N–H and O–H groups in total. The van der Waals surface area contributed by atoms with Crippen LogP contribution < -0.4 is 14.4 Å². The highest BCUT2D eigenvalue weighted by Crippen LogP contribution is 2.34. The summed E-state index contributed by atoms with van der Waals surface area (Å²) in [7, 11) is 1.65. The molecule has 4 rings (SSSR count). The lowest BCUT2D eigenvalue weighted by Gasteiger charge is -2.40.